The predicted octanol–water partition coefficient (Wildman–Crippen LogP) is 3.01. The highest BCUT2D eigenvalue weighted by molar-refractivity contribution is 9.10. The zero-order valence-corrected chi connectivity index (χ0v) is 11.0. The fourth-order valence-electron chi connectivity index (χ4n) is 1.34. The van der Waals surface area contributed by atoms with E-state index in [0.717, 1.165) is 5.56 Å². The van der Waals surface area contributed by atoms with Gasteiger partial charge in [0.1, 0.15) is 0 Å². The van der Waals surface area contributed by atoms with Crippen LogP contribution in [0.1, 0.15) is 19.4 Å². The zero-order chi connectivity index (χ0) is 13.2. The summed E-state index contributed by atoms with van der Waals surface area (Å²) in [6, 6.07) is 4.33. The first kappa shape index (κ1) is 13.6. The molecule has 0 atom stereocenters. The third kappa shape index (κ3) is 3.26. The number of carboxylic acids is 1. The minimum Gasteiger partial charge on any atom is -0.481 e. The van der Waals surface area contributed by atoms with E-state index in [1.54, 1.807) is 19.9 Å². The molecule has 0 radical (unpaired) electrons. The number of hydrogen-bond donors (Lipinski definition) is 1. The molecule has 0 aliphatic heterocycles. The molecule has 0 unspecified atom stereocenters. The largest absolute Gasteiger partial charge is 0.481 e. The maximum atomic E-state index is 11.0. The summed E-state index contributed by atoms with van der Waals surface area (Å²) in [5, 5.41) is 19.6. The molecular formula is C11H12BrNO4. The second-order valence-corrected chi connectivity index (χ2v) is 5.25. The number of aliphatic carboxylic acids is 1. The maximum absolute atomic E-state index is 11.0. The highest BCUT2D eigenvalue weighted by Gasteiger charge is 2.28. The summed E-state index contributed by atoms with van der Waals surface area (Å²) in [6.45, 7) is 3.23. The lowest BCUT2D eigenvalue weighted by molar-refractivity contribution is -0.384. The van der Waals surface area contributed by atoms with E-state index in [1.807, 2.05) is 0 Å². The number of carboxylic acid groups (broad SMARTS) is 1. The van der Waals surface area contributed by atoms with Gasteiger partial charge in [0, 0.05) is 16.6 Å². The number of rotatable bonds is 4. The first-order chi connectivity index (χ1) is 7.74. The van der Waals surface area contributed by atoms with Gasteiger partial charge in [-0.2, -0.15) is 0 Å². The highest BCUT2D eigenvalue weighted by Crippen LogP contribution is 2.29. The van der Waals surface area contributed by atoms with Gasteiger partial charge in [-0.3, -0.25) is 14.9 Å². The van der Waals surface area contributed by atoms with E-state index in [0.29, 0.717) is 10.9 Å². The molecular weight excluding hydrogens is 290 g/mol. The Balaban J connectivity index is 3.02. The van der Waals surface area contributed by atoms with Crippen LogP contribution in [-0.4, -0.2) is 16.0 Å². The van der Waals surface area contributed by atoms with Crippen LogP contribution < -0.4 is 0 Å². The summed E-state index contributed by atoms with van der Waals surface area (Å²) in [4.78, 5) is 21.0. The standard InChI is InChI=1S/C11H12BrNO4/c1-11(2,10(14)15)6-7-3-4-8(13(16)17)5-9(7)12/h3-5H,6H2,1-2H3,(H,14,15). The van der Waals surface area contributed by atoms with E-state index in [9.17, 15) is 14.9 Å². The molecule has 5 nitrogen and oxygen atoms in total. The predicted molar refractivity (Wildman–Crippen MR) is 65.9 cm³/mol. The summed E-state index contributed by atoms with van der Waals surface area (Å²) in [7, 11) is 0. The molecule has 1 rings (SSSR count). The molecule has 1 aromatic carbocycles. The Hall–Kier alpha value is -1.43. The van der Waals surface area contributed by atoms with Crippen LogP contribution in [0, 0.1) is 15.5 Å². The van der Waals surface area contributed by atoms with Crippen LogP contribution >= 0.6 is 15.9 Å². The van der Waals surface area contributed by atoms with Crippen LogP contribution in [0.2, 0.25) is 0 Å². The van der Waals surface area contributed by atoms with Crippen LogP contribution in [0.5, 0.6) is 0 Å². The smallest absolute Gasteiger partial charge is 0.309 e. The van der Waals surface area contributed by atoms with Crippen molar-refractivity contribution in [3.63, 3.8) is 0 Å². The monoisotopic (exact) mass is 301 g/mol. The first-order valence-corrected chi connectivity index (χ1v) is 5.69. The number of carbonyl (C=O) groups is 1. The normalized spacial score (nSPS) is 11.2. The molecule has 0 aromatic heterocycles. The van der Waals surface area contributed by atoms with Gasteiger partial charge in [0.05, 0.1) is 10.3 Å². The number of halogens is 1. The molecule has 0 spiro atoms. The Morgan fingerprint density at radius 2 is 2.12 bits per heavy atom. The van der Waals surface area contributed by atoms with Gasteiger partial charge < -0.3 is 5.11 Å². The van der Waals surface area contributed by atoms with Gasteiger partial charge in [0.25, 0.3) is 5.69 Å². The van der Waals surface area contributed by atoms with E-state index >= 15 is 0 Å². The Morgan fingerprint density at radius 3 is 2.53 bits per heavy atom. The lowest BCUT2D eigenvalue weighted by Crippen LogP contribution is -2.26. The topological polar surface area (TPSA) is 80.4 Å². The molecule has 0 heterocycles. The number of nitro groups is 1. The molecule has 0 fully saturated rings. The molecule has 92 valence electrons. The summed E-state index contributed by atoms with van der Waals surface area (Å²) in [6.07, 6.45) is 0.306. The molecule has 1 N–H and O–H groups in total. The highest BCUT2D eigenvalue weighted by atomic mass is 79.9. The van der Waals surface area contributed by atoms with E-state index in [2.05, 4.69) is 15.9 Å². The average molecular weight is 302 g/mol. The Bertz CT molecular complexity index is 471. The van der Waals surface area contributed by atoms with Crippen LogP contribution in [0.25, 0.3) is 0 Å². The van der Waals surface area contributed by atoms with E-state index in [1.165, 1.54) is 12.1 Å². The van der Waals surface area contributed by atoms with Crippen LogP contribution in [-0.2, 0) is 11.2 Å². The lowest BCUT2D eigenvalue weighted by atomic mass is 9.86. The first-order valence-electron chi connectivity index (χ1n) is 4.90. The molecule has 0 aliphatic carbocycles. The average Bonchev–Trinajstić information content (AvgIpc) is 2.20. The summed E-state index contributed by atoms with van der Waals surface area (Å²) >= 11 is 3.22. The zero-order valence-electron chi connectivity index (χ0n) is 9.44. The van der Waals surface area contributed by atoms with E-state index in [4.69, 9.17) is 5.11 Å². The van der Waals surface area contributed by atoms with Gasteiger partial charge in [0.2, 0.25) is 0 Å². The lowest BCUT2D eigenvalue weighted by Gasteiger charge is -2.19. The van der Waals surface area contributed by atoms with E-state index in [-0.39, 0.29) is 5.69 Å². The third-order valence-corrected chi connectivity index (χ3v) is 3.20. The van der Waals surface area contributed by atoms with Crippen molar-refractivity contribution in [3.05, 3.63) is 38.3 Å². The second kappa shape index (κ2) is 4.83. The van der Waals surface area contributed by atoms with Crippen LogP contribution in [0.3, 0.4) is 0 Å². The van der Waals surface area contributed by atoms with Gasteiger partial charge in [-0.1, -0.05) is 22.0 Å². The van der Waals surface area contributed by atoms with Gasteiger partial charge in [-0.15, -0.1) is 0 Å². The Kier molecular flexibility index (Phi) is 3.87. The van der Waals surface area contributed by atoms with E-state index < -0.39 is 16.3 Å². The number of nitrogens with zero attached hydrogens (tertiary/aromatic N) is 1. The SMILES string of the molecule is CC(C)(Cc1ccc([N+](=O)[O-])cc1Br)C(=O)O. The maximum Gasteiger partial charge on any atom is 0.309 e. The van der Waals surface area contributed by atoms with Crippen LogP contribution in [0.4, 0.5) is 5.69 Å². The molecule has 0 saturated carbocycles. The Labute approximate surface area is 107 Å². The van der Waals surface area contributed by atoms with Gasteiger partial charge in [0.15, 0.2) is 0 Å². The minimum atomic E-state index is -0.904. The molecule has 1 aromatic rings. The fraction of sp³-hybridized carbons (Fsp3) is 0.364. The third-order valence-electron chi connectivity index (χ3n) is 2.46. The number of non-ortho nitro benzene ring substituents is 1. The summed E-state index contributed by atoms with van der Waals surface area (Å²) in [5.41, 5.74) is -0.185. The summed E-state index contributed by atoms with van der Waals surface area (Å²) in [5.74, 6) is -0.900. The molecule has 0 aliphatic rings. The quantitative estimate of drug-likeness (QED) is 0.685. The van der Waals surface area contributed by atoms with Crippen molar-refractivity contribution in [3.8, 4) is 0 Å². The van der Waals surface area contributed by atoms with Gasteiger partial charge in [-0.05, 0) is 25.8 Å². The molecule has 0 saturated heterocycles. The van der Waals surface area contributed by atoms with Gasteiger partial charge in [-0.25, -0.2) is 0 Å². The number of hydrogen-bond acceptors (Lipinski definition) is 3. The molecule has 6 heteroatoms. The van der Waals surface area contributed by atoms with Crippen LogP contribution in [0.15, 0.2) is 22.7 Å². The van der Waals surface area contributed by atoms with Crippen molar-refractivity contribution in [2.24, 2.45) is 5.41 Å². The van der Waals surface area contributed by atoms with Crippen molar-refractivity contribution < 1.29 is 14.8 Å². The fourth-order valence-corrected chi connectivity index (χ4v) is 1.85. The Morgan fingerprint density at radius 1 is 1.53 bits per heavy atom. The molecule has 0 bridgehead atoms. The molecule has 0 amide bonds. The minimum absolute atomic E-state index is 0.0197. The van der Waals surface area contributed by atoms with Crippen molar-refractivity contribution in [1.29, 1.82) is 0 Å². The second-order valence-electron chi connectivity index (χ2n) is 4.40. The van der Waals surface area contributed by atoms with Crippen molar-refractivity contribution in [1.82, 2.24) is 0 Å². The summed E-state index contributed by atoms with van der Waals surface area (Å²) < 4.78 is 0.557. The van der Waals surface area contributed by atoms with Gasteiger partial charge >= 0.3 is 5.97 Å². The number of nitro benzene ring substituents is 1. The van der Waals surface area contributed by atoms with Crippen molar-refractivity contribution in [2.75, 3.05) is 0 Å². The molecule has 17 heavy (non-hydrogen) atoms. The number of benzene rings is 1. The van der Waals surface area contributed by atoms with Crippen molar-refractivity contribution in [2.45, 2.75) is 20.3 Å². The van der Waals surface area contributed by atoms with Crippen molar-refractivity contribution >= 4 is 27.6 Å².